The van der Waals surface area contributed by atoms with Crippen molar-refractivity contribution < 1.29 is 4.42 Å². The van der Waals surface area contributed by atoms with E-state index in [1.165, 1.54) is 31.5 Å². The lowest BCUT2D eigenvalue weighted by atomic mass is 10.1. The summed E-state index contributed by atoms with van der Waals surface area (Å²) in [4.78, 5) is 2.52. The first-order chi connectivity index (χ1) is 10.2. The number of nitrogens with zero attached hydrogens (tertiary/aromatic N) is 1. The average Bonchev–Trinajstić information content (AvgIpc) is 3.11. The summed E-state index contributed by atoms with van der Waals surface area (Å²) < 4.78 is 6.37. The molecule has 0 amide bonds. The van der Waals surface area contributed by atoms with Crippen LogP contribution in [-0.4, -0.2) is 18.0 Å². The quantitative estimate of drug-likeness (QED) is 0.840. The minimum absolute atomic E-state index is 0.151. The second-order valence-electron chi connectivity index (χ2n) is 5.69. The standard InChI is InChI=1S/C17H21BrN2O/c1-13(16-7-8-17(18)21-16)19-15-6-4-5-14(11-15)12-20-9-2-3-10-20/h4-8,11,13,19H,2-3,9-10,12H2,1H3. The molecule has 3 rings (SSSR count). The van der Waals surface area contributed by atoms with E-state index in [-0.39, 0.29) is 6.04 Å². The highest BCUT2D eigenvalue weighted by Crippen LogP contribution is 2.24. The van der Waals surface area contributed by atoms with Crippen LogP contribution >= 0.6 is 15.9 Å². The number of nitrogens with one attached hydrogen (secondary N) is 1. The first-order valence-electron chi connectivity index (χ1n) is 7.54. The van der Waals surface area contributed by atoms with Crippen LogP contribution in [-0.2, 0) is 6.54 Å². The van der Waals surface area contributed by atoms with Crippen LogP contribution in [0, 0.1) is 0 Å². The molecule has 1 saturated heterocycles. The molecule has 1 aromatic carbocycles. The van der Waals surface area contributed by atoms with Crippen LogP contribution in [0.4, 0.5) is 5.69 Å². The third-order valence-corrected chi connectivity index (χ3v) is 4.36. The lowest BCUT2D eigenvalue weighted by Gasteiger charge is -2.17. The molecule has 1 atom stereocenters. The molecular weight excluding hydrogens is 328 g/mol. The summed E-state index contributed by atoms with van der Waals surface area (Å²) in [6, 6.07) is 12.8. The van der Waals surface area contributed by atoms with E-state index in [9.17, 15) is 0 Å². The Morgan fingerprint density at radius 2 is 2.05 bits per heavy atom. The molecule has 0 bridgehead atoms. The van der Waals surface area contributed by atoms with E-state index in [0.29, 0.717) is 0 Å². The van der Waals surface area contributed by atoms with Crippen LogP contribution < -0.4 is 5.32 Å². The van der Waals surface area contributed by atoms with Crippen molar-refractivity contribution in [3.63, 3.8) is 0 Å². The number of anilines is 1. The van der Waals surface area contributed by atoms with Crippen molar-refractivity contribution in [2.45, 2.75) is 32.4 Å². The highest BCUT2D eigenvalue weighted by molar-refractivity contribution is 9.10. The lowest BCUT2D eigenvalue weighted by molar-refractivity contribution is 0.331. The summed E-state index contributed by atoms with van der Waals surface area (Å²) in [7, 11) is 0. The Hall–Kier alpha value is -1.26. The molecule has 2 heterocycles. The summed E-state index contributed by atoms with van der Waals surface area (Å²) in [6.45, 7) is 5.62. The van der Waals surface area contributed by atoms with Crippen LogP contribution in [0.5, 0.6) is 0 Å². The van der Waals surface area contributed by atoms with Gasteiger partial charge >= 0.3 is 0 Å². The molecule has 2 aromatic rings. The summed E-state index contributed by atoms with van der Waals surface area (Å²) in [6.07, 6.45) is 2.67. The van der Waals surface area contributed by atoms with Gasteiger partial charge in [0.1, 0.15) is 5.76 Å². The highest BCUT2D eigenvalue weighted by Gasteiger charge is 2.13. The van der Waals surface area contributed by atoms with E-state index in [4.69, 9.17) is 4.42 Å². The van der Waals surface area contributed by atoms with Crippen molar-refractivity contribution in [3.8, 4) is 0 Å². The third kappa shape index (κ3) is 3.89. The van der Waals surface area contributed by atoms with Gasteiger partial charge in [-0.25, -0.2) is 0 Å². The molecule has 1 N–H and O–H groups in total. The number of benzene rings is 1. The first kappa shape index (κ1) is 14.7. The van der Waals surface area contributed by atoms with E-state index >= 15 is 0 Å². The SMILES string of the molecule is CC(Nc1cccc(CN2CCCC2)c1)c1ccc(Br)o1. The fraction of sp³-hybridized carbons (Fsp3) is 0.412. The van der Waals surface area contributed by atoms with E-state index in [0.717, 1.165) is 22.7 Å². The highest BCUT2D eigenvalue weighted by atomic mass is 79.9. The summed E-state index contributed by atoms with van der Waals surface area (Å²) >= 11 is 3.35. The van der Waals surface area contributed by atoms with Gasteiger partial charge in [-0.05, 0) is 78.6 Å². The van der Waals surface area contributed by atoms with E-state index in [1.807, 2.05) is 12.1 Å². The Labute approximate surface area is 134 Å². The number of furan rings is 1. The molecule has 1 unspecified atom stereocenters. The smallest absolute Gasteiger partial charge is 0.169 e. The summed E-state index contributed by atoms with van der Waals surface area (Å²) in [5, 5.41) is 3.50. The molecule has 1 fully saturated rings. The molecule has 21 heavy (non-hydrogen) atoms. The average molecular weight is 349 g/mol. The Morgan fingerprint density at radius 3 is 2.76 bits per heavy atom. The largest absolute Gasteiger partial charge is 0.452 e. The van der Waals surface area contributed by atoms with Crippen LogP contribution in [0.1, 0.15) is 37.1 Å². The number of hydrogen-bond acceptors (Lipinski definition) is 3. The van der Waals surface area contributed by atoms with Crippen molar-refractivity contribution in [1.29, 1.82) is 0 Å². The van der Waals surface area contributed by atoms with Gasteiger partial charge in [-0.1, -0.05) is 12.1 Å². The van der Waals surface area contributed by atoms with Gasteiger partial charge in [0.2, 0.25) is 0 Å². The minimum atomic E-state index is 0.151. The second kappa shape index (κ2) is 6.67. The maximum atomic E-state index is 5.60. The fourth-order valence-electron chi connectivity index (χ4n) is 2.84. The molecule has 0 saturated carbocycles. The van der Waals surface area contributed by atoms with Gasteiger partial charge in [0.05, 0.1) is 6.04 Å². The van der Waals surface area contributed by atoms with Gasteiger partial charge in [-0.3, -0.25) is 4.90 Å². The first-order valence-corrected chi connectivity index (χ1v) is 8.33. The van der Waals surface area contributed by atoms with Crippen molar-refractivity contribution in [2.75, 3.05) is 18.4 Å². The fourth-order valence-corrected chi connectivity index (χ4v) is 3.16. The van der Waals surface area contributed by atoms with Gasteiger partial charge in [0, 0.05) is 12.2 Å². The number of hydrogen-bond donors (Lipinski definition) is 1. The third-order valence-electron chi connectivity index (χ3n) is 3.94. The molecule has 0 aliphatic carbocycles. The lowest BCUT2D eigenvalue weighted by Crippen LogP contribution is -2.18. The normalized spacial score (nSPS) is 17.0. The van der Waals surface area contributed by atoms with Gasteiger partial charge in [0.15, 0.2) is 4.67 Å². The van der Waals surface area contributed by atoms with Crippen LogP contribution in [0.25, 0.3) is 0 Å². The molecule has 1 aliphatic heterocycles. The molecule has 1 aromatic heterocycles. The number of rotatable bonds is 5. The van der Waals surface area contributed by atoms with E-state index < -0.39 is 0 Å². The van der Waals surface area contributed by atoms with Crippen LogP contribution in [0.2, 0.25) is 0 Å². The number of halogens is 1. The van der Waals surface area contributed by atoms with Crippen molar-refractivity contribution in [3.05, 3.63) is 52.4 Å². The van der Waals surface area contributed by atoms with Gasteiger partial charge < -0.3 is 9.73 Å². The van der Waals surface area contributed by atoms with Crippen LogP contribution in [0.15, 0.2) is 45.5 Å². The zero-order valence-corrected chi connectivity index (χ0v) is 13.9. The summed E-state index contributed by atoms with van der Waals surface area (Å²) in [5.74, 6) is 0.937. The zero-order valence-electron chi connectivity index (χ0n) is 12.3. The second-order valence-corrected chi connectivity index (χ2v) is 6.47. The van der Waals surface area contributed by atoms with E-state index in [2.05, 4.69) is 57.3 Å². The number of likely N-dealkylation sites (tertiary alicyclic amines) is 1. The summed E-state index contributed by atoms with van der Waals surface area (Å²) in [5.41, 5.74) is 2.52. The maximum absolute atomic E-state index is 5.60. The minimum Gasteiger partial charge on any atom is -0.452 e. The van der Waals surface area contributed by atoms with Gasteiger partial charge in [-0.2, -0.15) is 0 Å². The predicted octanol–water partition coefficient (Wildman–Crippen LogP) is 4.81. The molecular formula is C17H21BrN2O. The predicted molar refractivity (Wildman–Crippen MR) is 89.4 cm³/mol. The molecule has 0 radical (unpaired) electrons. The molecule has 3 nitrogen and oxygen atoms in total. The Morgan fingerprint density at radius 1 is 1.24 bits per heavy atom. The Bertz CT molecular complexity index is 590. The van der Waals surface area contributed by atoms with Gasteiger partial charge in [0.25, 0.3) is 0 Å². The van der Waals surface area contributed by atoms with E-state index in [1.54, 1.807) is 0 Å². The maximum Gasteiger partial charge on any atom is 0.169 e. The Kier molecular flexibility index (Phi) is 4.66. The molecule has 4 heteroatoms. The van der Waals surface area contributed by atoms with Crippen LogP contribution in [0.3, 0.4) is 0 Å². The Balaban J connectivity index is 1.65. The molecule has 1 aliphatic rings. The molecule has 0 spiro atoms. The van der Waals surface area contributed by atoms with Crippen molar-refractivity contribution in [2.24, 2.45) is 0 Å². The van der Waals surface area contributed by atoms with Gasteiger partial charge in [-0.15, -0.1) is 0 Å². The molecule has 112 valence electrons. The van der Waals surface area contributed by atoms with Crippen molar-refractivity contribution >= 4 is 21.6 Å². The monoisotopic (exact) mass is 348 g/mol. The topological polar surface area (TPSA) is 28.4 Å². The zero-order chi connectivity index (χ0) is 14.7. The van der Waals surface area contributed by atoms with Crippen molar-refractivity contribution in [1.82, 2.24) is 4.90 Å².